The highest BCUT2D eigenvalue weighted by Crippen LogP contribution is 2.25. The molecule has 0 spiro atoms. The van der Waals surface area contributed by atoms with E-state index in [4.69, 9.17) is 9.47 Å². The number of anilines is 1. The van der Waals surface area contributed by atoms with Crippen LogP contribution in [0.2, 0.25) is 0 Å². The van der Waals surface area contributed by atoms with E-state index >= 15 is 0 Å². The number of imide groups is 1. The van der Waals surface area contributed by atoms with Gasteiger partial charge in [0, 0.05) is 38.8 Å². The minimum Gasteiger partial charge on any atom is -0.508 e. The van der Waals surface area contributed by atoms with Crippen LogP contribution in [0.1, 0.15) is 73.8 Å². The highest BCUT2D eigenvalue weighted by Gasteiger charge is 2.37. The van der Waals surface area contributed by atoms with Crippen LogP contribution in [0.5, 0.6) is 5.75 Å². The second-order valence-corrected chi connectivity index (χ2v) is 11.9. The monoisotopic (exact) mass is 645 g/mol. The summed E-state index contributed by atoms with van der Waals surface area (Å²) in [6.07, 6.45) is 6.17. The predicted molar refractivity (Wildman–Crippen MR) is 180 cm³/mol. The van der Waals surface area contributed by atoms with E-state index in [1.54, 1.807) is 17.0 Å². The van der Waals surface area contributed by atoms with Gasteiger partial charge in [0.25, 0.3) is 5.91 Å². The summed E-state index contributed by atoms with van der Waals surface area (Å²) in [5.74, 6) is -0.599. The predicted octanol–water partition coefficient (Wildman–Crippen LogP) is 5.65. The topological polar surface area (TPSA) is 129 Å². The Morgan fingerprint density at radius 2 is 1.64 bits per heavy atom. The molecule has 3 aromatic carbocycles. The molecule has 0 radical (unpaired) electrons. The minimum absolute atomic E-state index is 0.0315. The van der Waals surface area contributed by atoms with Gasteiger partial charge in [-0.15, -0.1) is 0 Å². The summed E-state index contributed by atoms with van der Waals surface area (Å²) < 4.78 is 10.8. The first kappa shape index (κ1) is 35.6. The van der Waals surface area contributed by atoms with Gasteiger partial charge >= 0.3 is 12.0 Å². The van der Waals surface area contributed by atoms with Gasteiger partial charge < -0.3 is 29.9 Å². The van der Waals surface area contributed by atoms with Crippen molar-refractivity contribution in [2.75, 3.05) is 37.7 Å². The van der Waals surface area contributed by atoms with E-state index in [9.17, 15) is 24.6 Å². The van der Waals surface area contributed by atoms with Crippen LogP contribution in [0.4, 0.5) is 10.5 Å². The Morgan fingerprint density at radius 3 is 2.43 bits per heavy atom. The number of benzene rings is 3. The number of esters is 1. The maximum atomic E-state index is 13.0. The molecule has 0 aliphatic carbocycles. The van der Waals surface area contributed by atoms with Gasteiger partial charge in [-0.1, -0.05) is 61.4 Å². The van der Waals surface area contributed by atoms with Crippen LogP contribution in [0.25, 0.3) is 0 Å². The Morgan fingerprint density at radius 1 is 0.894 bits per heavy atom. The zero-order valence-corrected chi connectivity index (χ0v) is 27.2. The lowest BCUT2D eigenvalue weighted by molar-refractivity contribution is -0.142. The number of nitrogens with one attached hydrogen (secondary N) is 1. The molecule has 0 aromatic heterocycles. The average molecular weight is 646 g/mol. The van der Waals surface area contributed by atoms with Crippen LogP contribution in [0.3, 0.4) is 0 Å². The first-order chi connectivity index (χ1) is 22.8. The van der Waals surface area contributed by atoms with Gasteiger partial charge in [0.1, 0.15) is 18.9 Å². The second-order valence-electron chi connectivity index (χ2n) is 11.9. The van der Waals surface area contributed by atoms with Gasteiger partial charge in [0.05, 0.1) is 11.8 Å². The molecule has 1 aliphatic rings. The standard InChI is InChI=1S/C37H47N3O7/c1-28(41)47-27-32-23-31(17-18-34(32)42)35(43)24-38-19-8-2-3-9-20-46-21-10-7-12-29-15-11-16-33(22-29)40-36(44)26-39(37(40)45)25-30-13-5-4-6-14-30/h4-6,11,13-18,22-23,35,38,42-43H,2-3,7-10,12,19-21,24-27H2,1H3/t35-/m0/s1. The average Bonchev–Trinajstić information content (AvgIpc) is 3.34. The van der Waals surface area contributed by atoms with Crippen molar-refractivity contribution >= 4 is 23.6 Å². The van der Waals surface area contributed by atoms with Gasteiger partial charge in [-0.2, -0.15) is 0 Å². The van der Waals surface area contributed by atoms with Gasteiger partial charge in [-0.05, 0) is 79.6 Å². The molecule has 0 unspecified atom stereocenters. The van der Waals surface area contributed by atoms with Gasteiger partial charge in [0.15, 0.2) is 0 Å². The maximum absolute atomic E-state index is 13.0. The summed E-state index contributed by atoms with van der Waals surface area (Å²) in [6.45, 7) is 4.40. The quantitative estimate of drug-likeness (QED) is 0.0818. The number of urea groups is 1. The molecule has 4 rings (SSSR count). The molecular weight excluding hydrogens is 598 g/mol. The van der Waals surface area contributed by atoms with Crippen molar-refractivity contribution in [3.8, 4) is 5.75 Å². The number of hydrogen-bond donors (Lipinski definition) is 3. The molecule has 3 amide bonds. The number of rotatable bonds is 20. The van der Waals surface area contributed by atoms with E-state index in [0.29, 0.717) is 36.5 Å². The highest BCUT2D eigenvalue weighted by molar-refractivity contribution is 6.19. The smallest absolute Gasteiger partial charge is 0.332 e. The van der Waals surface area contributed by atoms with E-state index in [0.717, 1.165) is 69.2 Å². The van der Waals surface area contributed by atoms with E-state index in [-0.39, 0.29) is 30.8 Å². The van der Waals surface area contributed by atoms with Crippen LogP contribution in [-0.4, -0.2) is 65.9 Å². The van der Waals surface area contributed by atoms with Gasteiger partial charge in [0.2, 0.25) is 0 Å². The Kier molecular flexibility index (Phi) is 14.2. The van der Waals surface area contributed by atoms with Crippen molar-refractivity contribution in [2.24, 2.45) is 0 Å². The molecule has 3 N–H and O–H groups in total. The zero-order valence-electron chi connectivity index (χ0n) is 27.2. The van der Waals surface area contributed by atoms with Gasteiger partial charge in [-0.25, -0.2) is 9.69 Å². The zero-order chi connectivity index (χ0) is 33.4. The third-order valence-electron chi connectivity index (χ3n) is 8.08. The number of hydrogen-bond acceptors (Lipinski definition) is 8. The minimum atomic E-state index is -0.723. The lowest BCUT2D eigenvalue weighted by atomic mass is 10.1. The molecule has 10 nitrogen and oxygen atoms in total. The summed E-state index contributed by atoms with van der Waals surface area (Å²) in [6, 6.07) is 21.9. The number of carbonyl (C=O) groups excluding carboxylic acids is 3. The number of aliphatic hydroxyl groups excluding tert-OH is 1. The van der Waals surface area contributed by atoms with Crippen molar-refractivity contribution in [2.45, 2.75) is 71.1 Å². The first-order valence-corrected chi connectivity index (χ1v) is 16.5. The summed E-state index contributed by atoms with van der Waals surface area (Å²) in [7, 11) is 0. The normalized spacial score (nSPS) is 13.7. The molecule has 0 bridgehead atoms. The van der Waals surface area contributed by atoms with Crippen molar-refractivity contribution in [1.29, 1.82) is 0 Å². The summed E-state index contributed by atoms with van der Waals surface area (Å²) in [5, 5.41) is 23.7. The van der Waals surface area contributed by atoms with E-state index in [1.807, 2.05) is 54.6 Å². The lowest BCUT2D eigenvalue weighted by Crippen LogP contribution is -2.32. The molecule has 47 heavy (non-hydrogen) atoms. The fraction of sp³-hybridized carbons (Fsp3) is 0.432. The Bertz CT molecular complexity index is 1450. The molecule has 3 aromatic rings. The lowest BCUT2D eigenvalue weighted by Gasteiger charge is -2.18. The molecule has 10 heteroatoms. The van der Waals surface area contributed by atoms with Crippen LogP contribution < -0.4 is 10.2 Å². The second kappa shape index (κ2) is 18.8. The number of phenols is 1. The molecule has 1 heterocycles. The number of unbranched alkanes of at least 4 members (excludes halogenated alkanes) is 4. The number of nitrogens with zero attached hydrogens (tertiary/aromatic N) is 2. The molecule has 1 atom stereocenters. The van der Waals surface area contributed by atoms with Crippen molar-refractivity contribution in [3.05, 3.63) is 95.1 Å². The number of ether oxygens (including phenoxy) is 2. The van der Waals surface area contributed by atoms with Crippen LogP contribution in [-0.2, 0) is 38.6 Å². The number of aryl methyl sites for hydroxylation is 1. The summed E-state index contributed by atoms with van der Waals surface area (Å²) in [4.78, 5) is 39.6. The van der Waals surface area contributed by atoms with Crippen LogP contribution in [0, 0.1) is 0 Å². The fourth-order valence-electron chi connectivity index (χ4n) is 5.49. The maximum Gasteiger partial charge on any atom is 0.332 e. The molecule has 252 valence electrons. The molecule has 0 saturated carbocycles. The summed E-state index contributed by atoms with van der Waals surface area (Å²) in [5.41, 5.74) is 3.84. The van der Waals surface area contributed by atoms with E-state index in [1.165, 1.54) is 17.9 Å². The van der Waals surface area contributed by atoms with Gasteiger partial charge in [-0.3, -0.25) is 9.59 Å². The van der Waals surface area contributed by atoms with Crippen molar-refractivity contribution < 1.29 is 34.1 Å². The molecule has 1 aliphatic heterocycles. The van der Waals surface area contributed by atoms with E-state index < -0.39 is 12.1 Å². The number of amides is 3. The number of aliphatic hydroxyl groups is 1. The number of carbonyl (C=O) groups is 3. The van der Waals surface area contributed by atoms with Crippen LogP contribution in [0.15, 0.2) is 72.8 Å². The first-order valence-electron chi connectivity index (χ1n) is 16.5. The van der Waals surface area contributed by atoms with Crippen molar-refractivity contribution in [3.63, 3.8) is 0 Å². The highest BCUT2D eigenvalue weighted by atomic mass is 16.5. The Labute approximate surface area is 277 Å². The SMILES string of the molecule is CC(=O)OCc1cc([C@@H](O)CNCCCCCCOCCCCc2cccc(N3C(=O)CN(Cc4ccccc4)C3=O)c2)ccc1O. The third kappa shape index (κ3) is 11.5. The Balaban J connectivity index is 1.02. The fourth-order valence-corrected chi connectivity index (χ4v) is 5.49. The number of aromatic hydroxyl groups is 1. The van der Waals surface area contributed by atoms with E-state index in [2.05, 4.69) is 5.32 Å². The van der Waals surface area contributed by atoms with Crippen molar-refractivity contribution in [1.82, 2.24) is 10.2 Å². The summed E-state index contributed by atoms with van der Waals surface area (Å²) >= 11 is 0. The third-order valence-corrected chi connectivity index (χ3v) is 8.08. The van der Waals surface area contributed by atoms with Crippen LogP contribution >= 0.6 is 0 Å². The molecule has 1 saturated heterocycles. The largest absolute Gasteiger partial charge is 0.508 e. The Hall–Kier alpha value is -4.25. The molecular formula is C37H47N3O7. The molecule has 1 fully saturated rings. The number of phenolic OH excluding ortho intramolecular Hbond substituents is 1.